The molecule has 2 aliphatic heterocycles. The molecule has 0 aliphatic carbocycles. The second-order valence-corrected chi connectivity index (χ2v) is 7.07. The molecule has 2 saturated heterocycles. The second-order valence-electron chi connectivity index (χ2n) is 7.07. The SMILES string of the molecule is CN(C(=O)Cc1cnn(-c2ccccc2)c1)C1CC2CCC(C1)N2. The number of nitrogens with zero attached hydrogens (tertiary/aromatic N) is 3. The van der Waals surface area contributed by atoms with Gasteiger partial charge < -0.3 is 10.2 Å². The molecular weight excluding hydrogens is 300 g/mol. The molecule has 2 atom stereocenters. The Kier molecular flexibility index (Phi) is 4.10. The van der Waals surface area contributed by atoms with Crippen LogP contribution in [0.1, 0.15) is 31.2 Å². The lowest BCUT2D eigenvalue weighted by Gasteiger charge is -2.35. The molecule has 1 amide bonds. The summed E-state index contributed by atoms with van der Waals surface area (Å²) < 4.78 is 1.83. The molecule has 4 rings (SSSR count). The average Bonchev–Trinajstić information content (AvgIpc) is 3.21. The molecule has 5 heteroatoms. The molecule has 0 radical (unpaired) electrons. The van der Waals surface area contributed by atoms with E-state index >= 15 is 0 Å². The maximum atomic E-state index is 12.7. The third kappa shape index (κ3) is 3.08. The summed E-state index contributed by atoms with van der Waals surface area (Å²) in [5, 5.41) is 8.02. The summed E-state index contributed by atoms with van der Waals surface area (Å²) in [6.45, 7) is 0. The molecule has 2 bridgehead atoms. The zero-order valence-corrected chi connectivity index (χ0v) is 14.1. The number of benzene rings is 1. The van der Waals surface area contributed by atoms with Crippen LogP contribution in [0.4, 0.5) is 0 Å². The van der Waals surface area contributed by atoms with Crippen LogP contribution in [0.25, 0.3) is 5.69 Å². The van der Waals surface area contributed by atoms with Crippen LogP contribution in [0.2, 0.25) is 0 Å². The zero-order chi connectivity index (χ0) is 16.5. The number of aromatic nitrogens is 2. The van der Waals surface area contributed by atoms with Crippen molar-refractivity contribution < 1.29 is 4.79 Å². The Morgan fingerprint density at radius 2 is 1.96 bits per heavy atom. The van der Waals surface area contributed by atoms with Gasteiger partial charge in [0.2, 0.25) is 5.91 Å². The van der Waals surface area contributed by atoms with Crippen molar-refractivity contribution >= 4 is 5.91 Å². The van der Waals surface area contributed by atoms with Crippen LogP contribution in [0.3, 0.4) is 0 Å². The first-order valence-corrected chi connectivity index (χ1v) is 8.80. The van der Waals surface area contributed by atoms with Gasteiger partial charge in [0.15, 0.2) is 0 Å². The van der Waals surface area contributed by atoms with Gasteiger partial charge in [-0.05, 0) is 43.4 Å². The number of nitrogens with one attached hydrogen (secondary N) is 1. The third-order valence-electron chi connectivity index (χ3n) is 5.40. The highest BCUT2D eigenvalue weighted by Gasteiger charge is 2.36. The number of likely N-dealkylation sites (N-methyl/N-ethyl adjacent to an activating group) is 1. The standard InChI is InChI=1S/C19H24N4O/c1-22(18-10-15-7-8-16(11-18)21-15)19(24)9-14-12-20-23(13-14)17-5-3-2-4-6-17/h2-6,12-13,15-16,18,21H,7-11H2,1H3. The first-order chi connectivity index (χ1) is 11.7. The van der Waals surface area contributed by atoms with Crippen LogP contribution in [0.15, 0.2) is 42.7 Å². The smallest absolute Gasteiger partial charge is 0.227 e. The van der Waals surface area contributed by atoms with Crippen LogP contribution in [-0.2, 0) is 11.2 Å². The predicted octanol–water partition coefficient (Wildman–Crippen LogP) is 2.16. The highest BCUT2D eigenvalue weighted by atomic mass is 16.2. The first kappa shape index (κ1) is 15.4. The molecule has 1 aromatic heterocycles. The van der Waals surface area contributed by atoms with E-state index in [0.717, 1.165) is 24.1 Å². The Labute approximate surface area is 142 Å². The van der Waals surface area contributed by atoms with E-state index in [9.17, 15) is 4.79 Å². The van der Waals surface area contributed by atoms with Gasteiger partial charge in [0.1, 0.15) is 0 Å². The Bertz CT molecular complexity index is 699. The Morgan fingerprint density at radius 3 is 2.67 bits per heavy atom. The number of hydrogen-bond donors (Lipinski definition) is 1. The van der Waals surface area contributed by atoms with Crippen LogP contribution in [-0.4, -0.2) is 45.8 Å². The summed E-state index contributed by atoms with van der Waals surface area (Å²) >= 11 is 0. The van der Waals surface area contributed by atoms with Crippen LogP contribution < -0.4 is 5.32 Å². The highest BCUT2D eigenvalue weighted by Crippen LogP contribution is 2.29. The molecule has 1 aromatic carbocycles. The maximum absolute atomic E-state index is 12.7. The molecule has 3 heterocycles. The van der Waals surface area contributed by atoms with E-state index < -0.39 is 0 Å². The summed E-state index contributed by atoms with van der Waals surface area (Å²) in [5.74, 6) is 0.189. The van der Waals surface area contributed by atoms with E-state index in [1.807, 2.05) is 53.2 Å². The number of para-hydroxylation sites is 1. The molecule has 2 unspecified atom stereocenters. The average molecular weight is 324 g/mol. The monoisotopic (exact) mass is 324 g/mol. The predicted molar refractivity (Wildman–Crippen MR) is 93.0 cm³/mol. The van der Waals surface area contributed by atoms with Crippen LogP contribution >= 0.6 is 0 Å². The van der Waals surface area contributed by atoms with Gasteiger partial charge in [0.25, 0.3) is 0 Å². The van der Waals surface area contributed by atoms with Crippen molar-refractivity contribution in [2.75, 3.05) is 7.05 Å². The number of hydrogen-bond acceptors (Lipinski definition) is 3. The van der Waals surface area contributed by atoms with Crippen LogP contribution in [0.5, 0.6) is 0 Å². The van der Waals surface area contributed by atoms with Gasteiger partial charge in [0.05, 0.1) is 18.3 Å². The summed E-state index contributed by atoms with van der Waals surface area (Å²) in [4.78, 5) is 14.6. The van der Waals surface area contributed by atoms with E-state index in [4.69, 9.17) is 0 Å². The topological polar surface area (TPSA) is 50.2 Å². The summed E-state index contributed by atoms with van der Waals surface area (Å²) in [5.41, 5.74) is 1.98. The summed E-state index contributed by atoms with van der Waals surface area (Å²) in [6.07, 6.45) is 8.85. The minimum atomic E-state index is 0.189. The van der Waals surface area contributed by atoms with Crippen molar-refractivity contribution in [2.24, 2.45) is 0 Å². The van der Waals surface area contributed by atoms with E-state index in [1.54, 1.807) is 6.20 Å². The van der Waals surface area contributed by atoms with E-state index in [1.165, 1.54) is 12.8 Å². The number of carbonyl (C=O) groups is 1. The summed E-state index contributed by atoms with van der Waals surface area (Å²) in [7, 11) is 1.96. The van der Waals surface area contributed by atoms with Crippen LogP contribution in [0, 0.1) is 0 Å². The minimum absolute atomic E-state index is 0.189. The molecule has 2 fully saturated rings. The lowest BCUT2D eigenvalue weighted by atomic mass is 9.98. The van der Waals surface area contributed by atoms with Crippen molar-refractivity contribution in [3.8, 4) is 5.69 Å². The van der Waals surface area contributed by atoms with Crippen molar-refractivity contribution in [2.45, 2.75) is 50.2 Å². The van der Waals surface area contributed by atoms with E-state index in [-0.39, 0.29) is 5.91 Å². The van der Waals surface area contributed by atoms with Crippen molar-refractivity contribution in [3.05, 3.63) is 48.3 Å². The van der Waals surface area contributed by atoms with Gasteiger partial charge in [-0.25, -0.2) is 4.68 Å². The van der Waals surface area contributed by atoms with Crippen molar-refractivity contribution in [1.29, 1.82) is 0 Å². The lowest BCUT2D eigenvalue weighted by molar-refractivity contribution is -0.131. The van der Waals surface area contributed by atoms with Gasteiger partial charge in [-0.15, -0.1) is 0 Å². The first-order valence-electron chi connectivity index (χ1n) is 8.80. The molecule has 2 aliphatic rings. The molecule has 2 aromatic rings. The maximum Gasteiger partial charge on any atom is 0.227 e. The normalized spacial score (nSPS) is 25.6. The van der Waals surface area contributed by atoms with E-state index in [2.05, 4.69) is 10.4 Å². The largest absolute Gasteiger partial charge is 0.342 e. The summed E-state index contributed by atoms with van der Waals surface area (Å²) in [6, 6.07) is 11.6. The molecule has 0 saturated carbocycles. The molecule has 0 spiro atoms. The molecule has 24 heavy (non-hydrogen) atoms. The second kappa shape index (κ2) is 6.40. The van der Waals surface area contributed by atoms with Gasteiger partial charge in [-0.1, -0.05) is 18.2 Å². The Hall–Kier alpha value is -2.14. The number of piperidine rings is 1. The minimum Gasteiger partial charge on any atom is -0.342 e. The fraction of sp³-hybridized carbons (Fsp3) is 0.474. The number of rotatable bonds is 4. The fourth-order valence-electron chi connectivity index (χ4n) is 4.02. The zero-order valence-electron chi connectivity index (χ0n) is 14.1. The van der Waals surface area contributed by atoms with Gasteiger partial charge in [-0.2, -0.15) is 5.10 Å². The number of fused-ring (bicyclic) bond motifs is 2. The fourth-order valence-corrected chi connectivity index (χ4v) is 4.02. The highest BCUT2D eigenvalue weighted by molar-refractivity contribution is 5.78. The molecular formula is C19H24N4O. The van der Waals surface area contributed by atoms with Gasteiger partial charge in [0, 0.05) is 31.4 Å². The lowest BCUT2D eigenvalue weighted by Crippen LogP contribution is -2.49. The molecule has 1 N–H and O–H groups in total. The number of carbonyl (C=O) groups excluding carboxylic acids is 1. The van der Waals surface area contributed by atoms with E-state index in [0.29, 0.717) is 24.5 Å². The third-order valence-corrected chi connectivity index (χ3v) is 5.40. The quantitative estimate of drug-likeness (QED) is 0.937. The number of amides is 1. The molecule has 126 valence electrons. The van der Waals surface area contributed by atoms with Gasteiger partial charge >= 0.3 is 0 Å². The van der Waals surface area contributed by atoms with Crippen molar-refractivity contribution in [3.63, 3.8) is 0 Å². The Balaban J connectivity index is 1.40. The van der Waals surface area contributed by atoms with Crippen molar-refractivity contribution in [1.82, 2.24) is 20.0 Å². The Morgan fingerprint density at radius 1 is 1.25 bits per heavy atom. The van der Waals surface area contributed by atoms with Gasteiger partial charge in [-0.3, -0.25) is 4.79 Å². The molecule has 5 nitrogen and oxygen atoms in total.